The molecule has 19 heavy (non-hydrogen) atoms. The Kier molecular flexibility index (Phi) is 6.31. The van der Waals surface area contributed by atoms with Gasteiger partial charge >= 0.3 is 0 Å². The normalized spacial score (nSPS) is 11.2. The number of rotatable bonds is 9. The van der Waals surface area contributed by atoms with E-state index in [9.17, 15) is 0 Å². The van der Waals surface area contributed by atoms with Crippen LogP contribution in [0.3, 0.4) is 0 Å². The molecule has 0 amide bonds. The Morgan fingerprint density at radius 2 is 1.95 bits per heavy atom. The summed E-state index contributed by atoms with van der Waals surface area (Å²) in [4.78, 5) is 0. The van der Waals surface area contributed by atoms with Crippen LogP contribution in [0.1, 0.15) is 19.8 Å². The molecule has 1 heterocycles. The first-order valence-electron chi connectivity index (χ1n) is 7.24. The van der Waals surface area contributed by atoms with Crippen LogP contribution in [-0.4, -0.2) is 29.2 Å². The summed E-state index contributed by atoms with van der Waals surface area (Å²) in [7, 11) is 0. The number of para-hydroxylation sites is 1. The van der Waals surface area contributed by atoms with E-state index in [0.29, 0.717) is 0 Å². The van der Waals surface area contributed by atoms with Crippen LogP contribution in [0.2, 0.25) is 0 Å². The summed E-state index contributed by atoms with van der Waals surface area (Å²) in [6.07, 6.45) is 4.67. The SMILES string of the molecule is CCSCCCNCCCn1ccc2ccccc21. The van der Waals surface area contributed by atoms with Crippen LogP contribution >= 0.6 is 11.8 Å². The Labute approximate surface area is 120 Å². The molecule has 2 rings (SSSR count). The van der Waals surface area contributed by atoms with Crippen molar-refractivity contribution in [3.8, 4) is 0 Å². The molecule has 1 aromatic carbocycles. The predicted octanol–water partition coefficient (Wildman–Crippen LogP) is 3.76. The van der Waals surface area contributed by atoms with E-state index in [1.54, 1.807) is 0 Å². The van der Waals surface area contributed by atoms with Crippen LogP contribution in [-0.2, 0) is 6.54 Å². The second-order valence-electron chi connectivity index (χ2n) is 4.72. The van der Waals surface area contributed by atoms with E-state index in [2.05, 4.69) is 53.3 Å². The number of hydrogen-bond acceptors (Lipinski definition) is 2. The summed E-state index contributed by atoms with van der Waals surface area (Å²) >= 11 is 2.03. The van der Waals surface area contributed by atoms with Crippen LogP contribution in [0, 0.1) is 0 Å². The third kappa shape index (κ3) is 4.59. The standard InChI is InChI=1S/C16H24N2S/c1-2-19-14-6-11-17-10-5-12-18-13-9-15-7-3-4-8-16(15)18/h3-4,7-9,13,17H,2,5-6,10-12,14H2,1H3. The fraction of sp³-hybridized carbons (Fsp3) is 0.500. The van der Waals surface area contributed by atoms with Gasteiger partial charge in [-0.25, -0.2) is 0 Å². The molecule has 0 atom stereocenters. The third-order valence-electron chi connectivity index (χ3n) is 3.28. The molecule has 2 aromatic rings. The van der Waals surface area contributed by atoms with Crippen molar-refractivity contribution in [1.29, 1.82) is 0 Å². The van der Waals surface area contributed by atoms with Gasteiger partial charge in [-0.15, -0.1) is 0 Å². The molecular weight excluding hydrogens is 252 g/mol. The number of hydrogen-bond donors (Lipinski definition) is 1. The van der Waals surface area contributed by atoms with Crippen LogP contribution in [0.4, 0.5) is 0 Å². The summed E-state index contributed by atoms with van der Waals surface area (Å²) in [6.45, 7) is 5.59. The van der Waals surface area contributed by atoms with Crippen LogP contribution in [0.15, 0.2) is 36.5 Å². The molecule has 104 valence electrons. The zero-order valence-corrected chi connectivity index (χ0v) is 12.6. The van der Waals surface area contributed by atoms with Gasteiger partial charge in [-0.2, -0.15) is 11.8 Å². The Bertz CT molecular complexity index is 478. The Morgan fingerprint density at radius 1 is 1.11 bits per heavy atom. The minimum Gasteiger partial charge on any atom is -0.347 e. The predicted molar refractivity (Wildman–Crippen MR) is 87.0 cm³/mol. The third-order valence-corrected chi connectivity index (χ3v) is 4.26. The van der Waals surface area contributed by atoms with Crippen molar-refractivity contribution in [3.63, 3.8) is 0 Å². The maximum Gasteiger partial charge on any atom is 0.0480 e. The Hall–Kier alpha value is -0.930. The van der Waals surface area contributed by atoms with Crippen molar-refractivity contribution in [2.45, 2.75) is 26.3 Å². The Balaban J connectivity index is 1.63. The maximum atomic E-state index is 3.53. The maximum absolute atomic E-state index is 3.53. The quantitative estimate of drug-likeness (QED) is 0.702. The van der Waals surface area contributed by atoms with E-state index >= 15 is 0 Å². The number of thioether (sulfide) groups is 1. The molecule has 1 aromatic heterocycles. The average Bonchev–Trinajstić information content (AvgIpc) is 2.85. The first-order chi connectivity index (χ1) is 9.42. The van der Waals surface area contributed by atoms with Crippen molar-refractivity contribution in [2.24, 2.45) is 0 Å². The minimum absolute atomic E-state index is 1.10. The number of nitrogens with zero attached hydrogens (tertiary/aromatic N) is 1. The van der Waals surface area contributed by atoms with Gasteiger partial charge in [-0.05, 0) is 55.0 Å². The van der Waals surface area contributed by atoms with E-state index < -0.39 is 0 Å². The lowest BCUT2D eigenvalue weighted by Crippen LogP contribution is -2.18. The second kappa shape index (κ2) is 8.28. The molecular formula is C16H24N2S. The zero-order valence-electron chi connectivity index (χ0n) is 11.8. The topological polar surface area (TPSA) is 17.0 Å². The van der Waals surface area contributed by atoms with Gasteiger partial charge in [0.1, 0.15) is 0 Å². The van der Waals surface area contributed by atoms with Crippen LogP contribution in [0.5, 0.6) is 0 Å². The molecule has 2 nitrogen and oxygen atoms in total. The molecule has 0 saturated heterocycles. The highest BCUT2D eigenvalue weighted by atomic mass is 32.2. The first-order valence-corrected chi connectivity index (χ1v) is 8.39. The summed E-state index contributed by atoms with van der Waals surface area (Å²) in [6, 6.07) is 10.8. The van der Waals surface area contributed by atoms with Crippen molar-refractivity contribution in [2.75, 3.05) is 24.6 Å². The number of benzene rings is 1. The van der Waals surface area contributed by atoms with E-state index in [1.165, 1.54) is 35.3 Å². The molecule has 0 aliphatic heterocycles. The number of aromatic nitrogens is 1. The fourth-order valence-corrected chi connectivity index (χ4v) is 2.92. The second-order valence-corrected chi connectivity index (χ2v) is 6.12. The van der Waals surface area contributed by atoms with Crippen LogP contribution in [0.25, 0.3) is 10.9 Å². The van der Waals surface area contributed by atoms with E-state index in [-0.39, 0.29) is 0 Å². The summed E-state index contributed by atoms with van der Waals surface area (Å²) in [5.74, 6) is 2.52. The molecule has 0 spiro atoms. The first kappa shape index (κ1) is 14.5. The zero-order chi connectivity index (χ0) is 13.3. The molecule has 3 heteroatoms. The number of fused-ring (bicyclic) bond motifs is 1. The molecule has 0 aliphatic rings. The van der Waals surface area contributed by atoms with Gasteiger partial charge in [0.2, 0.25) is 0 Å². The van der Waals surface area contributed by atoms with Crippen molar-refractivity contribution < 1.29 is 0 Å². The van der Waals surface area contributed by atoms with Gasteiger partial charge in [-0.1, -0.05) is 25.1 Å². The molecule has 0 unspecified atom stereocenters. The molecule has 0 saturated carbocycles. The molecule has 0 aliphatic carbocycles. The smallest absolute Gasteiger partial charge is 0.0480 e. The van der Waals surface area contributed by atoms with Crippen molar-refractivity contribution in [3.05, 3.63) is 36.5 Å². The van der Waals surface area contributed by atoms with Gasteiger partial charge < -0.3 is 9.88 Å². The average molecular weight is 276 g/mol. The number of nitrogens with one attached hydrogen (secondary N) is 1. The lowest BCUT2D eigenvalue weighted by atomic mass is 10.2. The van der Waals surface area contributed by atoms with Gasteiger partial charge in [-0.3, -0.25) is 0 Å². The highest BCUT2D eigenvalue weighted by Gasteiger charge is 1.98. The molecule has 1 N–H and O–H groups in total. The lowest BCUT2D eigenvalue weighted by Gasteiger charge is -2.07. The number of aryl methyl sites for hydroxylation is 1. The monoisotopic (exact) mass is 276 g/mol. The summed E-state index contributed by atoms with van der Waals surface area (Å²) in [5.41, 5.74) is 1.35. The van der Waals surface area contributed by atoms with E-state index in [1.807, 2.05) is 11.8 Å². The van der Waals surface area contributed by atoms with Gasteiger partial charge in [0.05, 0.1) is 0 Å². The van der Waals surface area contributed by atoms with Crippen molar-refractivity contribution in [1.82, 2.24) is 9.88 Å². The highest BCUT2D eigenvalue weighted by Crippen LogP contribution is 2.15. The molecule has 0 radical (unpaired) electrons. The van der Waals surface area contributed by atoms with Gasteiger partial charge in [0, 0.05) is 18.3 Å². The Morgan fingerprint density at radius 3 is 2.84 bits per heavy atom. The minimum atomic E-state index is 1.10. The summed E-state index contributed by atoms with van der Waals surface area (Å²) in [5, 5.41) is 4.87. The van der Waals surface area contributed by atoms with Gasteiger partial charge in [0.25, 0.3) is 0 Å². The largest absolute Gasteiger partial charge is 0.347 e. The van der Waals surface area contributed by atoms with Gasteiger partial charge in [0.15, 0.2) is 0 Å². The van der Waals surface area contributed by atoms with E-state index in [4.69, 9.17) is 0 Å². The van der Waals surface area contributed by atoms with Crippen molar-refractivity contribution >= 4 is 22.7 Å². The van der Waals surface area contributed by atoms with E-state index in [0.717, 1.165) is 19.6 Å². The lowest BCUT2D eigenvalue weighted by molar-refractivity contribution is 0.589. The fourth-order valence-electron chi connectivity index (χ4n) is 2.28. The van der Waals surface area contributed by atoms with Crippen LogP contribution < -0.4 is 5.32 Å². The molecule has 0 bridgehead atoms. The molecule has 0 fully saturated rings. The highest BCUT2D eigenvalue weighted by molar-refractivity contribution is 7.99. The summed E-state index contributed by atoms with van der Waals surface area (Å²) < 4.78 is 2.35.